The maximum Gasteiger partial charge on any atom is 0.242 e. The van der Waals surface area contributed by atoms with Gasteiger partial charge in [0.2, 0.25) is 5.91 Å². The van der Waals surface area contributed by atoms with Crippen molar-refractivity contribution in [2.75, 3.05) is 13.1 Å². The van der Waals surface area contributed by atoms with Crippen LogP contribution in [0.3, 0.4) is 0 Å². The second-order valence-electron chi connectivity index (χ2n) is 6.53. The molecule has 0 radical (unpaired) electrons. The third-order valence-corrected chi connectivity index (χ3v) is 4.94. The molecule has 1 amide bonds. The van der Waals surface area contributed by atoms with Crippen molar-refractivity contribution >= 4 is 5.91 Å². The Kier molecular flexibility index (Phi) is 3.55. The highest BCUT2D eigenvalue weighted by molar-refractivity contribution is 5.86. The van der Waals surface area contributed by atoms with E-state index in [4.69, 9.17) is 5.73 Å². The zero-order valence-corrected chi connectivity index (χ0v) is 12.2. The van der Waals surface area contributed by atoms with Gasteiger partial charge < -0.3 is 10.6 Å². The van der Waals surface area contributed by atoms with Crippen molar-refractivity contribution in [1.29, 1.82) is 0 Å². The van der Waals surface area contributed by atoms with Gasteiger partial charge in [-0.05, 0) is 50.0 Å². The lowest BCUT2D eigenvalue weighted by Gasteiger charge is -2.37. The Balaban J connectivity index is 1.60. The number of rotatable bonds is 3. The fourth-order valence-electron chi connectivity index (χ4n) is 3.34. The van der Waals surface area contributed by atoms with Crippen LogP contribution in [0.15, 0.2) is 30.3 Å². The number of benzene rings is 1. The molecule has 0 spiro atoms. The molecule has 2 aliphatic rings. The minimum absolute atomic E-state index is 0.159. The minimum Gasteiger partial charge on any atom is -0.341 e. The largest absolute Gasteiger partial charge is 0.341 e. The number of nitrogens with zero attached hydrogens (tertiary/aromatic N) is 1. The summed E-state index contributed by atoms with van der Waals surface area (Å²) >= 11 is 0. The number of amides is 1. The Morgan fingerprint density at radius 3 is 2.30 bits per heavy atom. The summed E-state index contributed by atoms with van der Waals surface area (Å²) in [6.07, 6.45) is 4.32. The van der Waals surface area contributed by atoms with Gasteiger partial charge in [0.15, 0.2) is 0 Å². The molecule has 0 bridgehead atoms. The third kappa shape index (κ3) is 2.59. The van der Waals surface area contributed by atoms with E-state index in [1.54, 1.807) is 0 Å². The van der Waals surface area contributed by atoms with Crippen LogP contribution in [0.4, 0.5) is 0 Å². The van der Waals surface area contributed by atoms with E-state index < -0.39 is 5.54 Å². The molecule has 3 rings (SSSR count). The van der Waals surface area contributed by atoms with Crippen LogP contribution < -0.4 is 5.73 Å². The van der Waals surface area contributed by atoms with E-state index in [1.165, 1.54) is 5.56 Å². The normalized spacial score (nSPS) is 23.4. The number of piperidine rings is 1. The number of nitrogens with two attached hydrogens (primary N) is 1. The standard InChI is InChI=1S/C17H24N2O/c1-17(18,15-7-8-15)16(20)19-11-9-14(10-12-19)13-5-3-2-4-6-13/h2-6,14-15H,7-12,18H2,1H3. The fraction of sp³-hybridized carbons (Fsp3) is 0.588. The molecular formula is C17H24N2O. The van der Waals surface area contributed by atoms with Gasteiger partial charge in [-0.25, -0.2) is 0 Å². The molecular weight excluding hydrogens is 248 g/mol. The van der Waals surface area contributed by atoms with Gasteiger partial charge in [0, 0.05) is 13.1 Å². The summed E-state index contributed by atoms with van der Waals surface area (Å²) in [6.45, 7) is 3.60. The van der Waals surface area contributed by atoms with Crippen molar-refractivity contribution in [2.24, 2.45) is 11.7 Å². The van der Waals surface area contributed by atoms with Gasteiger partial charge in [0.1, 0.15) is 0 Å². The number of carbonyl (C=O) groups is 1. The van der Waals surface area contributed by atoms with Crippen molar-refractivity contribution in [2.45, 2.75) is 44.1 Å². The lowest BCUT2D eigenvalue weighted by molar-refractivity contribution is -0.138. The maximum atomic E-state index is 12.5. The zero-order chi connectivity index (χ0) is 14.2. The number of carbonyl (C=O) groups excluding carboxylic acids is 1. The predicted octanol–water partition coefficient (Wildman–Crippen LogP) is 2.52. The smallest absolute Gasteiger partial charge is 0.242 e. The molecule has 1 heterocycles. The van der Waals surface area contributed by atoms with E-state index in [-0.39, 0.29) is 5.91 Å². The summed E-state index contributed by atoms with van der Waals surface area (Å²) in [6, 6.07) is 10.6. The van der Waals surface area contributed by atoms with Crippen molar-refractivity contribution < 1.29 is 4.79 Å². The van der Waals surface area contributed by atoms with E-state index in [0.29, 0.717) is 11.8 Å². The Morgan fingerprint density at radius 1 is 1.15 bits per heavy atom. The van der Waals surface area contributed by atoms with Crippen molar-refractivity contribution in [1.82, 2.24) is 4.90 Å². The van der Waals surface area contributed by atoms with Crippen LogP contribution in [0.25, 0.3) is 0 Å². The average Bonchev–Trinajstić information content (AvgIpc) is 3.33. The molecule has 1 saturated heterocycles. The van der Waals surface area contributed by atoms with Gasteiger partial charge in [-0.15, -0.1) is 0 Å². The van der Waals surface area contributed by atoms with Gasteiger partial charge in [0.05, 0.1) is 5.54 Å². The van der Waals surface area contributed by atoms with E-state index in [2.05, 4.69) is 30.3 Å². The van der Waals surface area contributed by atoms with Crippen LogP contribution in [-0.4, -0.2) is 29.4 Å². The molecule has 3 heteroatoms. The average molecular weight is 272 g/mol. The molecule has 20 heavy (non-hydrogen) atoms. The first-order valence-corrected chi connectivity index (χ1v) is 7.72. The van der Waals surface area contributed by atoms with E-state index >= 15 is 0 Å². The van der Waals surface area contributed by atoms with Crippen LogP contribution in [-0.2, 0) is 4.79 Å². The van der Waals surface area contributed by atoms with E-state index in [0.717, 1.165) is 38.8 Å². The summed E-state index contributed by atoms with van der Waals surface area (Å²) in [5, 5.41) is 0. The fourth-order valence-corrected chi connectivity index (χ4v) is 3.34. The lowest BCUT2D eigenvalue weighted by atomic mass is 9.88. The van der Waals surface area contributed by atoms with Gasteiger partial charge in [0.25, 0.3) is 0 Å². The monoisotopic (exact) mass is 272 g/mol. The Labute approximate surface area is 121 Å². The Bertz CT molecular complexity index is 471. The summed E-state index contributed by atoms with van der Waals surface area (Å²) in [5.74, 6) is 1.15. The molecule has 1 aromatic carbocycles. The molecule has 1 saturated carbocycles. The molecule has 1 aliphatic carbocycles. The third-order valence-electron chi connectivity index (χ3n) is 4.94. The summed E-state index contributed by atoms with van der Waals surface area (Å²) in [7, 11) is 0. The summed E-state index contributed by atoms with van der Waals surface area (Å²) in [5.41, 5.74) is 7.01. The molecule has 1 unspecified atom stereocenters. The van der Waals surface area contributed by atoms with Crippen molar-refractivity contribution in [3.8, 4) is 0 Å². The molecule has 1 aromatic rings. The highest BCUT2D eigenvalue weighted by atomic mass is 16.2. The molecule has 2 fully saturated rings. The zero-order valence-electron chi connectivity index (χ0n) is 12.2. The van der Waals surface area contributed by atoms with Gasteiger partial charge in [-0.1, -0.05) is 30.3 Å². The van der Waals surface area contributed by atoms with Gasteiger partial charge in [-0.2, -0.15) is 0 Å². The SMILES string of the molecule is CC(N)(C(=O)N1CCC(c2ccccc2)CC1)C1CC1. The Morgan fingerprint density at radius 2 is 1.75 bits per heavy atom. The van der Waals surface area contributed by atoms with E-state index in [1.807, 2.05) is 11.8 Å². The van der Waals surface area contributed by atoms with Crippen LogP contribution in [0, 0.1) is 5.92 Å². The van der Waals surface area contributed by atoms with Gasteiger partial charge >= 0.3 is 0 Å². The van der Waals surface area contributed by atoms with Crippen molar-refractivity contribution in [3.05, 3.63) is 35.9 Å². The molecule has 3 nitrogen and oxygen atoms in total. The first-order chi connectivity index (χ1) is 9.59. The second-order valence-corrected chi connectivity index (χ2v) is 6.53. The molecule has 2 N–H and O–H groups in total. The molecule has 108 valence electrons. The number of hydrogen-bond donors (Lipinski definition) is 1. The minimum atomic E-state index is -0.639. The lowest BCUT2D eigenvalue weighted by Crippen LogP contribution is -2.56. The first kappa shape index (κ1) is 13.6. The van der Waals surface area contributed by atoms with Crippen LogP contribution >= 0.6 is 0 Å². The number of hydrogen-bond acceptors (Lipinski definition) is 2. The maximum absolute atomic E-state index is 12.5. The first-order valence-electron chi connectivity index (χ1n) is 7.72. The highest BCUT2D eigenvalue weighted by Crippen LogP contribution is 2.39. The van der Waals surface area contributed by atoms with Crippen molar-refractivity contribution in [3.63, 3.8) is 0 Å². The van der Waals surface area contributed by atoms with E-state index in [9.17, 15) is 4.79 Å². The summed E-state index contributed by atoms with van der Waals surface area (Å²) < 4.78 is 0. The van der Waals surface area contributed by atoms with Crippen LogP contribution in [0.2, 0.25) is 0 Å². The second kappa shape index (κ2) is 5.21. The summed E-state index contributed by atoms with van der Waals surface area (Å²) in [4.78, 5) is 14.5. The van der Waals surface area contributed by atoms with Gasteiger partial charge in [-0.3, -0.25) is 4.79 Å². The Hall–Kier alpha value is -1.35. The number of likely N-dealkylation sites (tertiary alicyclic amines) is 1. The van der Waals surface area contributed by atoms with Crippen LogP contribution in [0.5, 0.6) is 0 Å². The predicted molar refractivity (Wildman–Crippen MR) is 80.3 cm³/mol. The molecule has 0 aromatic heterocycles. The molecule has 1 aliphatic heterocycles. The highest BCUT2D eigenvalue weighted by Gasteiger charge is 2.46. The topological polar surface area (TPSA) is 46.3 Å². The quantitative estimate of drug-likeness (QED) is 0.919. The van der Waals surface area contributed by atoms with Crippen LogP contribution in [0.1, 0.15) is 44.1 Å². The molecule has 1 atom stereocenters.